The first kappa shape index (κ1) is 16.0. The van der Waals surface area contributed by atoms with Gasteiger partial charge in [0.15, 0.2) is 0 Å². The first-order valence-electron chi connectivity index (χ1n) is 6.72. The van der Waals surface area contributed by atoms with Gasteiger partial charge in [0, 0.05) is 23.2 Å². The number of amides is 1. The molecular weight excluding hydrogens is 302 g/mol. The monoisotopic (exact) mass is 318 g/mol. The summed E-state index contributed by atoms with van der Waals surface area (Å²) < 4.78 is 29.1. The fraction of sp³-hybridized carbons (Fsp3) is 0.500. The zero-order chi connectivity index (χ0) is 15.4. The van der Waals surface area contributed by atoms with Crippen LogP contribution in [0.1, 0.15) is 25.3 Å². The summed E-state index contributed by atoms with van der Waals surface area (Å²) in [4.78, 5) is 11.8. The predicted octanol–water partition coefficient (Wildman–Crippen LogP) is 2.70. The van der Waals surface area contributed by atoms with Gasteiger partial charge in [-0.2, -0.15) is 8.78 Å². The van der Waals surface area contributed by atoms with E-state index < -0.39 is 12.7 Å². The molecule has 1 saturated carbocycles. The van der Waals surface area contributed by atoms with E-state index in [2.05, 4.69) is 15.4 Å². The van der Waals surface area contributed by atoms with E-state index in [0.717, 1.165) is 12.8 Å². The minimum absolute atomic E-state index is 0.0525. The van der Waals surface area contributed by atoms with Crippen LogP contribution >= 0.6 is 11.6 Å². The molecule has 4 nitrogen and oxygen atoms in total. The van der Waals surface area contributed by atoms with Gasteiger partial charge in [-0.25, -0.2) is 0 Å². The first-order chi connectivity index (χ1) is 9.95. The molecule has 1 amide bonds. The van der Waals surface area contributed by atoms with Crippen molar-refractivity contribution in [3.05, 3.63) is 28.8 Å². The molecule has 0 heterocycles. The molecule has 2 N–H and O–H groups in total. The van der Waals surface area contributed by atoms with Crippen molar-refractivity contribution in [3.8, 4) is 5.75 Å². The van der Waals surface area contributed by atoms with Crippen molar-refractivity contribution >= 4 is 17.5 Å². The normalized spacial score (nSPS) is 15.9. The van der Waals surface area contributed by atoms with Gasteiger partial charge in [0.2, 0.25) is 5.91 Å². The van der Waals surface area contributed by atoms with Crippen LogP contribution in [-0.4, -0.2) is 24.6 Å². The number of carbonyl (C=O) groups is 1. The number of ether oxygens (including phenoxy) is 1. The van der Waals surface area contributed by atoms with Crippen molar-refractivity contribution in [2.75, 3.05) is 0 Å². The second-order valence-corrected chi connectivity index (χ2v) is 5.45. The van der Waals surface area contributed by atoms with Gasteiger partial charge in [-0.05, 0) is 38.0 Å². The molecule has 0 saturated heterocycles. The second kappa shape index (κ2) is 7.04. The van der Waals surface area contributed by atoms with Crippen molar-refractivity contribution in [1.82, 2.24) is 10.6 Å². The molecule has 1 unspecified atom stereocenters. The van der Waals surface area contributed by atoms with Gasteiger partial charge in [0.25, 0.3) is 0 Å². The van der Waals surface area contributed by atoms with Crippen molar-refractivity contribution < 1.29 is 18.3 Å². The third-order valence-corrected chi connectivity index (χ3v) is 3.39. The molecule has 1 atom stereocenters. The number of nitrogens with one attached hydrogen (secondary N) is 2. The average Bonchev–Trinajstić information content (AvgIpc) is 3.22. The van der Waals surface area contributed by atoms with E-state index in [1.54, 1.807) is 6.92 Å². The van der Waals surface area contributed by atoms with E-state index >= 15 is 0 Å². The van der Waals surface area contributed by atoms with E-state index in [1.807, 2.05) is 0 Å². The summed E-state index contributed by atoms with van der Waals surface area (Å²) in [5.41, 5.74) is 0.480. The summed E-state index contributed by atoms with van der Waals surface area (Å²) in [6, 6.07) is 4.26. The molecular formula is C14H17ClF2N2O2. The molecule has 0 aromatic heterocycles. The van der Waals surface area contributed by atoms with Crippen LogP contribution < -0.4 is 15.4 Å². The van der Waals surface area contributed by atoms with Crippen LogP contribution in [0.25, 0.3) is 0 Å². The molecule has 1 aliphatic rings. The van der Waals surface area contributed by atoms with Gasteiger partial charge >= 0.3 is 6.61 Å². The summed E-state index contributed by atoms with van der Waals surface area (Å²) >= 11 is 5.86. The van der Waals surface area contributed by atoms with Crippen LogP contribution in [0.15, 0.2) is 18.2 Å². The average molecular weight is 319 g/mol. The molecule has 1 fully saturated rings. The molecule has 1 aliphatic carbocycles. The number of alkyl halides is 2. The van der Waals surface area contributed by atoms with Gasteiger partial charge in [0.05, 0.1) is 6.04 Å². The Morgan fingerprint density at radius 1 is 1.48 bits per heavy atom. The lowest BCUT2D eigenvalue weighted by molar-refractivity contribution is -0.122. The summed E-state index contributed by atoms with van der Waals surface area (Å²) in [6.07, 6.45) is 2.03. The molecule has 21 heavy (non-hydrogen) atoms. The highest BCUT2D eigenvalue weighted by atomic mass is 35.5. The Labute approximate surface area is 126 Å². The van der Waals surface area contributed by atoms with Gasteiger partial charge in [0.1, 0.15) is 5.75 Å². The summed E-state index contributed by atoms with van der Waals surface area (Å²) in [6.45, 7) is -0.974. The van der Waals surface area contributed by atoms with Gasteiger partial charge < -0.3 is 15.4 Å². The van der Waals surface area contributed by atoms with Crippen molar-refractivity contribution in [2.45, 2.75) is 45.0 Å². The van der Waals surface area contributed by atoms with Crippen molar-refractivity contribution in [3.63, 3.8) is 0 Å². The standard InChI is InChI=1S/C14H17ClF2N2O2/c1-8(13(20)19-11-3-4-11)18-7-9-6-10(15)2-5-12(9)21-14(16)17/h2,5-6,8,11,14,18H,3-4,7H2,1H3,(H,19,20). The Morgan fingerprint density at radius 2 is 2.19 bits per heavy atom. The number of hydrogen-bond acceptors (Lipinski definition) is 3. The number of carbonyl (C=O) groups excluding carboxylic acids is 1. The highest BCUT2D eigenvalue weighted by molar-refractivity contribution is 6.30. The van der Waals surface area contributed by atoms with Crippen LogP contribution in [0.3, 0.4) is 0 Å². The number of rotatable bonds is 7. The molecule has 0 bridgehead atoms. The molecule has 0 aliphatic heterocycles. The topological polar surface area (TPSA) is 50.4 Å². The Kier molecular flexibility index (Phi) is 5.36. The van der Waals surface area contributed by atoms with E-state index in [-0.39, 0.29) is 24.2 Å². The van der Waals surface area contributed by atoms with Crippen LogP contribution in [-0.2, 0) is 11.3 Å². The molecule has 2 rings (SSSR count). The summed E-state index contributed by atoms with van der Waals surface area (Å²) in [5.74, 6) is -0.0486. The van der Waals surface area contributed by atoms with Crippen LogP contribution in [0, 0.1) is 0 Å². The Balaban J connectivity index is 1.94. The maximum absolute atomic E-state index is 12.3. The smallest absolute Gasteiger partial charge is 0.387 e. The third-order valence-electron chi connectivity index (χ3n) is 3.15. The van der Waals surface area contributed by atoms with Gasteiger partial charge in [-0.15, -0.1) is 0 Å². The Morgan fingerprint density at radius 3 is 2.81 bits per heavy atom. The zero-order valence-electron chi connectivity index (χ0n) is 11.5. The number of hydrogen-bond donors (Lipinski definition) is 2. The highest BCUT2D eigenvalue weighted by Gasteiger charge is 2.25. The lowest BCUT2D eigenvalue weighted by atomic mass is 10.2. The fourth-order valence-corrected chi connectivity index (χ4v) is 2.00. The van der Waals surface area contributed by atoms with E-state index in [9.17, 15) is 13.6 Å². The molecule has 116 valence electrons. The van der Waals surface area contributed by atoms with Crippen molar-refractivity contribution in [2.24, 2.45) is 0 Å². The summed E-state index contributed by atoms with van der Waals surface area (Å²) in [5, 5.41) is 6.27. The van der Waals surface area contributed by atoms with Crippen LogP contribution in [0.5, 0.6) is 5.75 Å². The van der Waals surface area contributed by atoms with Crippen molar-refractivity contribution in [1.29, 1.82) is 0 Å². The highest BCUT2D eigenvalue weighted by Crippen LogP contribution is 2.24. The zero-order valence-corrected chi connectivity index (χ0v) is 12.3. The molecule has 7 heteroatoms. The summed E-state index contributed by atoms with van der Waals surface area (Å²) in [7, 11) is 0. The largest absolute Gasteiger partial charge is 0.434 e. The first-order valence-corrected chi connectivity index (χ1v) is 7.10. The lowest BCUT2D eigenvalue weighted by Crippen LogP contribution is -2.42. The van der Waals surface area contributed by atoms with Gasteiger partial charge in [-0.1, -0.05) is 11.6 Å². The number of benzene rings is 1. The van der Waals surface area contributed by atoms with Crippen LogP contribution in [0.4, 0.5) is 8.78 Å². The van der Waals surface area contributed by atoms with Crippen LogP contribution in [0.2, 0.25) is 5.02 Å². The second-order valence-electron chi connectivity index (χ2n) is 5.02. The minimum atomic E-state index is -2.90. The third kappa shape index (κ3) is 5.13. The molecule has 1 aromatic rings. The predicted molar refractivity (Wildman–Crippen MR) is 75.6 cm³/mol. The SMILES string of the molecule is CC(NCc1cc(Cl)ccc1OC(F)F)C(=O)NC1CC1. The molecule has 0 spiro atoms. The number of halogens is 3. The maximum Gasteiger partial charge on any atom is 0.387 e. The van der Waals surface area contributed by atoms with E-state index in [0.29, 0.717) is 10.6 Å². The molecule has 1 aromatic carbocycles. The Bertz CT molecular complexity index is 510. The Hall–Kier alpha value is -1.40. The van der Waals surface area contributed by atoms with E-state index in [4.69, 9.17) is 11.6 Å². The van der Waals surface area contributed by atoms with Gasteiger partial charge in [-0.3, -0.25) is 4.79 Å². The minimum Gasteiger partial charge on any atom is -0.434 e. The fourth-order valence-electron chi connectivity index (χ4n) is 1.81. The van der Waals surface area contributed by atoms with E-state index in [1.165, 1.54) is 18.2 Å². The lowest BCUT2D eigenvalue weighted by Gasteiger charge is -2.16. The molecule has 0 radical (unpaired) electrons. The quantitative estimate of drug-likeness (QED) is 0.812. The maximum atomic E-state index is 12.3.